The zero-order valence-corrected chi connectivity index (χ0v) is 18.4. The van der Waals surface area contributed by atoms with Crippen molar-refractivity contribution in [2.75, 3.05) is 5.73 Å². The lowest BCUT2D eigenvalue weighted by molar-refractivity contribution is 0.0947. The lowest BCUT2D eigenvalue weighted by atomic mass is 10.1. The third-order valence-electron chi connectivity index (χ3n) is 5.46. The van der Waals surface area contributed by atoms with Gasteiger partial charge in [0.05, 0.1) is 24.2 Å². The molecule has 0 bridgehead atoms. The standard InChI is InChI=1S/C24H26N6O2/c1-14-6-18-8-17(4-5-21(18)26-9-14)11-30-12-20(22(13-31)29-30)24(32)27-10-19-15(2)7-23(25)28-16(19)3/h4-9,12,31H,10-11,13H2,1-3H3,(H2,25,28)(H,27,32). The van der Waals surface area contributed by atoms with E-state index in [1.165, 1.54) is 0 Å². The monoisotopic (exact) mass is 430 g/mol. The van der Waals surface area contributed by atoms with Gasteiger partial charge in [-0.25, -0.2) is 4.98 Å². The highest BCUT2D eigenvalue weighted by Crippen LogP contribution is 2.18. The third kappa shape index (κ3) is 4.45. The Morgan fingerprint density at radius 1 is 1.19 bits per heavy atom. The van der Waals surface area contributed by atoms with Gasteiger partial charge in [0.15, 0.2) is 0 Å². The van der Waals surface area contributed by atoms with Gasteiger partial charge in [0.25, 0.3) is 5.91 Å². The van der Waals surface area contributed by atoms with Gasteiger partial charge in [-0.05, 0) is 67.3 Å². The molecule has 0 saturated carbocycles. The quantitative estimate of drug-likeness (QED) is 0.433. The molecular formula is C24H26N6O2. The Balaban J connectivity index is 1.52. The smallest absolute Gasteiger partial charge is 0.255 e. The van der Waals surface area contributed by atoms with E-state index in [9.17, 15) is 9.90 Å². The van der Waals surface area contributed by atoms with Gasteiger partial charge < -0.3 is 16.2 Å². The van der Waals surface area contributed by atoms with E-state index in [0.717, 1.165) is 38.9 Å². The SMILES string of the molecule is Cc1cnc2ccc(Cn3cc(C(=O)NCc4c(C)cc(N)nc4C)c(CO)n3)cc2c1. The molecule has 0 aliphatic heterocycles. The zero-order chi connectivity index (χ0) is 22.8. The molecule has 0 aliphatic rings. The summed E-state index contributed by atoms with van der Waals surface area (Å²) in [5.41, 5.74) is 12.2. The molecule has 4 aromatic rings. The maximum atomic E-state index is 12.8. The number of carbonyl (C=O) groups excluding carboxylic acids is 1. The first-order chi connectivity index (χ1) is 15.3. The van der Waals surface area contributed by atoms with Crippen molar-refractivity contribution in [3.05, 3.63) is 81.9 Å². The zero-order valence-electron chi connectivity index (χ0n) is 18.4. The summed E-state index contributed by atoms with van der Waals surface area (Å²) in [5.74, 6) is 0.160. The lowest BCUT2D eigenvalue weighted by Crippen LogP contribution is -2.24. The minimum absolute atomic E-state index is 0.297. The second-order valence-corrected chi connectivity index (χ2v) is 8.00. The molecule has 164 valence electrons. The predicted molar refractivity (Wildman–Crippen MR) is 123 cm³/mol. The number of hydrogen-bond acceptors (Lipinski definition) is 6. The van der Waals surface area contributed by atoms with Gasteiger partial charge in [-0.1, -0.05) is 6.07 Å². The number of aryl methyl sites for hydroxylation is 3. The van der Waals surface area contributed by atoms with E-state index in [0.29, 0.717) is 30.2 Å². The third-order valence-corrected chi connectivity index (χ3v) is 5.46. The molecule has 0 aliphatic carbocycles. The highest BCUT2D eigenvalue weighted by Gasteiger charge is 2.17. The van der Waals surface area contributed by atoms with Crippen molar-refractivity contribution in [3.63, 3.8) is 0 Å². The number of hydrogen-bond donors (Lipinski definition) is 3. The Morgan fingerprint density at radius 2 is 2.00 bits per heavy atom. The molecule has 0 radical (unpaired) electrons. The van der Waals surface area contributed by atoms with Gasteiger partial charge in [0.2, 0.25) is 0 Å². The molecule has 8 nitrogen and oxygen atoms in total. The lowest BCUT2D eigenvalue weighted by Gasteiger charge is -2.11. The maximum Gasteiger partial charge on any atom is 0.255 e. The van der Waals surface area contributed by atoms with Gasteiger partial charge >= 0.3 is 0 Å². The van der Waals surface area contributed by atoms with Crippen LogP contribution in [0.2, 0.25) is 0 Å². The van der Waals surface area contributed by atoms with Crippen LogP contribution in [0.5, 0.6) is 0 Å². The molecule has 3 heterocycles. The normalized spacial score (nSPS) is 11.1. The first-order valence-electron chi connectivity index (χ1n) is 10.4. The molecule has 1 aromatic carbocycles. The number of fused-ring (bicyclic) bond motifs is 1. The highest BCUT2D eigenvalue weighted by atomic mass is 16.3. The number of nitrogens with two attached hydrogens (primary N) is 1. The first kappa shape index (κ1) is 21.5. The van der Waals surface area contributed by atoms with Crippen LogP contribution in [0, 0.1) is 20.8 Å². The molecule has 4 N–H and O–H groups in total. The minimum atomic E-state index is -0.321. The summed E-state index contributed by atoms with van der Waals surface area (Å²) in [7, 11) is 0. The fraction of sp³-hybridized carbons (Fsp3) is 0.250. The number of nitrogens with zero attached hydrogens (tertiary/aromatic N) is 4. The van der Waals surface area contributed by atoms with Crippen molar-refractivity contribution in [1.82, 2.24) is 25.1 Å². The summed E-state index contributed by atoms with van der Waals surface area (Å²) >= 11 is 0. The summed E-state index contributed by atoms with van der Waals surface area (Å²) in [6.07, 6.45) is 3.51. The Kier molecular flexibility index (Phi) is 5.87. The second kappa shape index (κ2) is 8.76. The minimum Gasteiger partial charge on any atom is -0.390 e. The van der Waals surface area contributed by atoms with Crippen LogP contribution < -0.4 is 11.1 Å². The molecule has 0 fully saturated rings. The second-order valence-electron chi connectivity index (χ2n) is 8.00. The summed E-state index contributed by atoms with van der Waals surface area (Å²) in [5, 5.41) is 18.1. The topological polar surface area (TPSA) is 119 Å². The molecule has 0 atom stereocenters. The van der Waals surface area contributed by atoms with Crippen molar-refractivity contribution in [1.29, 1.82) is 0 Å². The van der Waals surface area contributed by atoms with Crippen molar-refractivity contribution in [2.45, 2.75) is 40.5 Å². The number of nitrogens with one attached hydrogen (secondary N) is 1. The highest BCUT2D eigenvalue weighted by molar-refractivity contribution is 5.95. The van der Waals surface area contributed by atoms with Crippen LogP contribution in [0.25, 0.3) is 10.9 Å². The van der Waals surface area contributed by atoms with Crippen molar-refractivity contribution in [3.8, 4) is 0 Å². The van der Waals surface area contributed by atoms with E-state index in [1.807, 2.05) is 39.1 Å². The molecule has 1 amide bonds. The maximum absolute atomic E-state index is 12.8. The Morgan fingerprint density at radius 3 is 2.75 bits per heavy atom. The van der Waals surface area contributed by atoms with Gasteiger partial charge in [0, 0.05) is 30.0 Å². The van der Waals surface area contributed by atoms with E-state index in [4.69, 9.17) is 5.73 Å². The summed E-state index contributed by atoms with van der Waals surface area (Å²) in [4.78, 5) is 21.5. The molecule has 8 heteroatoms. The fourth-order valence-electron chi connectivity index (χ4n) is 3.84. The number of aromatic nitrogens is 4. The van der Waals surface area contributed by atoms with E-state index in [2.05, 4.69) is 32.5 Å². The average molecular weight is 431 g/mol. The molecule has 0 saturated heterocycles. The van der Waals surface area contributed by atoms with Gasteiger partial charge in [0.1, 0.15) is 11.5 Å². The number of amides is 1. The van der Waals surface area contributed by atoms with Crippen molar-refractivity contribution in [2.24, 2.45) is 0 Å². The van der Waals surface area contributed by atoms with Crippen LogP contribution in [-0.4, -0.2) is 30.8 Å². The number of nitrogen functional groups attached to an aromatic ring is 1. The number of anilines is 1. The summed E-state index contributed by atoms with van der Waals surface area (Å²) in [6.45, 7) is 6.28. The fourth-order valence-corrected chi connectivity index (χ4v) is 3.84. The number of benzene rings is 1. The van der Waals surface area contributed by atoms with Crippen molar-refractivity contribution < 1.29 is 9.90 Å². The number of pyridine rings is 2. The summed E-state index contributed by atoms with van der Waals surface area (Å²) < 4.78 is 1.67. The van der Waals surface area contributed by atoms with Crippen LogP contribution in [0.3, 0.4) is 0 Å². The van der Waals surface area contributed by atoms with Crippen LogP contribution >= 0.6 is 0 Å². The molecular weight excluding hydrogens is 404 g/mol. The largest absolute Gasteiger partial charge is 0.390 e. The molecule has 3 aromatic heterocycles. The Hall–Kier alpha value is -3.78. The first-order valence-corrected chi connectivity index (χ1v) is 10.4. The van der Waals surface area contributed by atoms with Crippen LogP contribution in [-0.2, 0) is 19.7 Å². The number of rotatable bonds is 6. The molecule has 0 spiro atoms. The average Bonchev–Trinajstić information content (AvgIpc) is 3.15. The van der Waals surface area contributed by atoms with E-state index < -0.39 is 0 Å². The summed E-state index contributed by atoms with van der Waals surface area (Å²) in [6, 6.07) is 9.90. The van der Waals surface area contributed by atoms with E-state index >= 15 is 0 Å². The molecule has 4 rings (SSSR count). The van der Waals surface area contributed by atoms with Gasteiger partial charge in [-0.2, -0.15) is 5.10 Å². The van der Waals surface area contributed by atoms with E-state index in [-0.39, 0.29) is 12.5 Å². The number of carbonyl (C=O) groups is 1. The Bertz CT molecular complexity index is 1290. The van der Waals surface area contributed by atoms with Crippen LogP contribution in [0.1, 0.15) is 44.0 Å². The van der Waals surface area contributed by atoms with Crippen LogP contribution in [0.4, 0.5) is 5.82 Å². The van der Waals surface area contributed by atoms with Gasteiger partial charge in [-0.15, -0.1) is 0 Å². The molecule has 0 unspecified atom stereocenters. The van der Waals surface area contributed by atoms with Gasteiger partial charge in [-0.3, -0.25) is 14.5 Å². The number of aliphatic hydroxyl groups excluding tert-OH is 1. The predicted octanol–water partition coefficient (Wildman–Crippen LogP) is 2.80. The molecule has 32 heavy (non-hydrogen) atoms. The Labute approximate surface area is 186 Å². The number of aliphatic hydroxyl groups is 1. The van der Waals surface area contributed by atoms with Crippen molar-refractivity contribution >= 4 is 22.6 Å². The van der Waals surface area contributed by atoms with E-state index in [1.54, 1.807) is 16.9 Å². The van der Waals surface area contributed by atoms with Crippen LogP contribution in [0.15, 0.2) is 42.7 Å².